The van der Waals surface area contributed by atoms with Gasteiger partial charge in [-0.3, -0.25) is 9.59 Å². The van der Waals surface area contributed by atoms with Gasteiger partial charge in [-0.2, -0.15) is 5.10 Å². The molecule has 1 aliphatic heterocycles. The summed E-state index contributed by atoms with van der Waals surface area (Å²) in [6.45, 7) is 4.97. The standard InChI is InChI=1S/C14H24N6O4/c1-4-8(5-2)12(22)20-11(17-7(3)21)9(18-14(15)16)6-10(19-20)13(23)24/h8-9,11H,4-6H2,1-3H3,(H,17,21)(H,23,24)(H4,15,16,18)/t9-,11-/m0/s1. The fourth-order valence-electron chi connectivity index (χ4n) is 2.52. The maximum atomic E-state index is 12.7. The number of amides is 2. The second-order valence-electron chi connectivity index (χ2n) is 5.52. The molecule has 0 aromatic rings. The zero-order valence-electron chi connectivity index (χ0n) is 14.0. The smallest absolute Gasteiger partial charge is 0.352 e. The van der Waals surface area contributed by atoms with Crippen LogP contribution in [0.2, 0.25) is 0 Å². The number of carbonyl (C=O) groups excluding carboxylic acids is 2. The molecule has 0 saturated carbocycles. The van der Waals surface area contributed by atoms with E-state index in [-0.39, 0.29) is 29.9 Å². The number of rotatable bonds is 6. The topological polar surface area (TPSA) is 163 Å². The molecule has 134 valence electrons. The Labute approximate surface area is 140 Å². The third kappa shape index (κ3) is 4.67. The molecule has 2 atom stereocenters. The number of nitrogens with one attached hydrogen (secondary N) is 1. The predicted octanol–water partition coefficient (Wildman–Crippen LogP) is -0.800. The van der Waals surface area contributed by atoms with Gasteiger partial charge in [-0.1, -0.05) is 13.8 Å². The molecule has 0 aromatic carbocycles. The van der Waals surface area contributed by atoms with Crippen molar-refractivity contribution in [3.63, 3.8) is 0 Å². The van der Waals surface area contributed by atoms with Crippen LogP contribution >= 0.6 is 0 Å². The average molecular weight is 340 g/mol. The molecule has 0 saturated heterocycles. The highest BCUT2D eigenvalue weighted by atomic mass is 16.4. The summed E-state index contributed by atoms with van der Waals surface area (Å²) >= 11 is 0. The van der Waals surface area contributed by atoms with Crippen LogP contribution in [0.15, 0.2) is 10.1 Å². The van der Waals surface area contributed by atoms with Crippen LogP contribution in [0, 0.1) is 5.92 Å². The van der Waals surface area contributed by atoms with E-state index in [1.165, 1.54) is 6.92 Å². The first-order chi connectivity index (χ1) is 11.2. The largest absolute Gasteiger partial charge is 0.477 e. The van der Waals surface area contributed by atoms with Gasteiger partial charge in [0, 0.05) is 19.3 Å². The Morgan fingerprint density at radius 2 is 1.96 bits per heavy atom. The molecule has 2 amide bonds. The van der Waals surface area contributed by atoms with Crippen molar-refractivity contribution < 1.29 is 19.5 Å². The predicted molar refractivity (Wildman–Crippen MR) is 87.8 cm³/mol. The van der Waals surface area contributed by atoms with E-state index in [0.29, 0.717) is 12.8 Å². The number of carbonyl (C=O) groups is 3. The number of hydrogen-bond donors (Lipinski definition) is 4. The number of nitrogens with zero attached hydrogens (tertiary/aromatic N) is 3. The zero-order valence-corrected chi connectivity index (χ0v) is 14.0. The molecule has 24 heavy (non-hydrogen) atoms. The number of aliphatic carboxylic acids is 1. The van der Waals surface area contributed by atoms with Gasteiger partial charge in [-0.25, -0.2) is 14.8 Å². The molecule has 10 heteroatoms. The van der Waals surface area contributed by atoms with Crippen LogP contribution in [0.3, 0.4) is 0 Å². The summed E-state index contributed by atoms with van der Waals surface area (Å²) in [6.07, 6.45) is 0.0681. The van der Waals surface area contributed by atoms with Crippen molar-refractivity contribution >= 4 is 29.5 Å². The van der Waals surface area contributed by atoms with Gasteiger partial charge < -0.3 is 21.9 Å². The normalized spacial score (nSPS) is 20.3. The first-order valence-corrected chi connectivity index (χ1v) is 7.70. The van der Waals surface area contributed by atoms with Gasteiger partial charge in [0.25, 0.3) is 0 Å². The minimum absolute atomic E-state index is 0.106. The molecule has 1 aliphatic rings. The molecule has 1 heterocycles. The first-order valence-electron chi connectivity index (χ1n) is 7.70. The molecule has 0 unspecified atom stereocenters. The number of carboxylic acids is 1. The van der Waals surface area contributed by atoms with Crippen LogP contribution in [0.25, 0.3) is 0 Å². The van der Waals surface area contributed by atoms with Crippen molar-refractivity contribution in [2.45, 2.75) is 52.2 Å². The van der Waals surface area contributed by atoms with E-state index in [9.17, 15) is 19.5 Å². The number of hydrazone groups is 1. The molecule has 0 aliphatic carbocycles. The zero-order chi connectivity index (χ0) is 18.4. The van der Waals surface area contributed by atoms with E-state index in [1.807, 2.05) is 13.8 Å². The van der Waals surface area contributed by atoms with Gasteiger partial charge in [-0.15, -0.1) is 0 Å². The van der Waals surface area contributed by atoms with Crippen molar-refractivity contribution in [3.8, 4) is 0 Å². The lowest BCUT2D eigenvalue weighted by Gasteiger charge is -2.37. The minimum atomic E-state index is -1.27. The highest BCUT2D eigenvalue weighted by Gasteiger charge is 2.40. The first kappa shape index (κ1) is 19.4. The molecule has 0 radical (unpaired) electrons. The van der Waals surface area contributed by atoms with Gasteiger partial charge in [0.2, 0.25) is 11.8 Å². The van der Waals surface area contributed by atoms with Gasteiger partial charge in [0.1, 0.15) is 17.9 Å². The average Bonchev–Trinajstić information content (AvgIpc) is 2.48. The highest BCUT2D eigenvalue weighted by molar-refractivity contribution is 6.36. The van der Waals surface area contributed by atoms with Crippen LogP contribution in [0.5, 0.6) is 0 Å². The van der Waals surface area contributed by atoms with Gasteiger partial charge >= 0.3 is 5.97 Å². The Balaban J connectivity index is 3.35. The number of hydrogen-bond acceptors (Lipinski definition) is 5. The summed E-state index contributed by atoms with van der Waals surface area (Å²) in [5.74, 6) is -2.68. The Bertz CT molecular complexity index is 566. The summed E-state index contributed by atoms with van der Waals surface area (Å²) in [5, 5.41) is 16.7. The van der Waals surface area contributed by atoms with Gasteiger partial charge in [0.15, 0.2) is 5.96 Å². The molecular formula is C14H24N6O4. The summed E-state index contributed by atoms with van der Waals surface area (Å²) in [4.78, 5) is 39.5. The molecule has 1 rings (SSSR count). The fourth-order valence-corrected chi connectivity index (χ4v) is 2.52. The van der Waals surface area contributed by atoms with Gasteiger partial charge in [-0.05, 0) is 12.8 Å². The number of carboxylic acid groups (broad SMARTS) is 1. The van der Waals surface area contributed by atoms with Gasteiger partial charge in [0.05, 0.1) is 0 Å². The lowest BCUT2D eigenvalue weighted by Crippen LogP contribution is -2.59. The number of nitrogens with two attached hydrogens (primary N) is 2. The van der Waals surface area contributed by atoms with E-state index in [2.05, 4.69) is 15.4 Å². The van der Waals surface area contributed by atoms with E-state index in [4.69, 9.17) is 11.5 Å². The van der Waals surface area contributed by atoms with Crippen molar-refractivity contribution in [1.82, 2.24) is 10.3 Å². The summed E-state index contributed by atoms with van der Waals surface area (Å²) < 4.78 is 0. The molecule has 6 N–H and O–H groups in total. The second-order valence-corrected chi connectivity index (χ2v) is 5.52. The number of guanidine groups is 1. The Hall–Kier alpha value is -2.65. The minimum Gasteiger partial charge on any atom is -0.477 e. The van der Waals surface area contributed by atoms with Crippen LogP contribution in [-0.4, -0.2) is 51.8 Å². The monoisotopic (exact) mass is 340 g/mol. The Kier molecular flexibility index (Phi) is 6.69. The van der Waals surface area contributed by atoms with Crippen LogP contribution in [-0.2, 0) is 14.4 Å². The highest BCUT2D eigenvalue weighted by Crippen LogP contribution is 2.22. The Morgan fingerprint density at radius 1 is 1.38 bits per heavy atom. The maximum absolute atomic E-state index is 12.7. The van der Waals surface area contributed by atoms with E-state index >= 15 is 0 Å². The summed E-state index contributed by atoms with van der Waals surface area (Å²) in [7, 11) is 0. The second kappa shape index (κ2) is 8.27. The van der Waals surface area contributed by atoms with Crippen LogP contribution in [0.4, 0.5) is 0 Å². The third-order valence-electron chi connectivity index (χ3n) is 3.73. The van der Waals surface area contributed by atoms with Crippen molar-refractivity contribution in [2.75, 3.05) is 0 Å². The van der Waals surface area contributed by atoms with Crippen molar-refractivity contribution in [2.24, 2.45) is 27.5 Å². The molecule has 0 aromatic heterocycles. The fraction of sp³-hybridized carbons (Fsp3) is 0.643. The lowest BCUT2D eigenvalue weighted by atomic mass is 9.99. The van der Waals surface area contributed by atoms with Crippen LogP contribution < -0.4 is 16.8 Å². The van der Waals surface area contributed by atoms with E-state index < -0.39 is 24.1 Å². The Morgan fingerprint density at radius 3 is 2.38 bits per heavy atom. The van der Waals surface area contributed by atoms with Crippen LogP contribution in [0.1, 0.15) is 40.0 Å². The number of aliphatic imine (C=N–C) groups is 1. The van der Waals surface area contributed by atoms with Crippen molar-refractivity contribution in [1.29, 1.82) is 0 Å². The molecule has 0 fully saturated rings. The molecule has 0 bridgehead atoms. The maximum Gasteiger partial charge on any atom is 0.352 e. The van der Waals surface area contributed by atoms with Crippen molar-refractivity contribution in [3.05, 3.63) is 0 Å². The van der Waals surface area contributed by atoms with E-state index in [1.54, 1.807) is 0 Å². The summed E-state index contributed by atoms with van der Waals surface area (Å²) in [5.41, 5.74) is 10.5. The third-order valence-corrected chi connectivity index (χ3v) is 3.73. The lowest BCUT2D eigenvalue weighted by molar-refractivity contribution is -0.141. The molecular weight excluding hydrogens is 316 g/mol. The molecule has 0 spiro atoms. The molecule has 10 nitrogen and oxygen atoms in total. The quantitative estimate of drug-likeness (QED) is 0.365. The summed E-state index contributed by atoms with van der Waals surface area (Å²) in [6, 6.07) is -0.833. The van der Waals surface area contributed by atoms with E-state index in [0.717, 1.165) is 5.01 Å². The SMILES string of the molecule is CCC(CC)C(=O)N1N=C(C(=O)O)C[C@H](N=C(N)N)[C@H]1NC(C)=O.